The molecule has 2 heterocycles. The van der Waals surface area contributed by atoms with Crippen LogP contribution in [0.15, 0.2) is 205 Å². The van der Waals surface area contributed by atoms with Crippen molar-refractivity contribution in [3.05, 3.63) is 200 Å². The second-order valence-corrected chi connectivity index (χ2v) is 15.2. The van der Waals surface area contributed by atoms with E-state index in [1.54, 1.807) is 0 Å². The molecule has 0 bridgehead atoms. The standard InChI is InChI=1S/C52H33NOS/c1-2-10-37-32-40(20-19-34(37)9-1)39-12-7-11-38(31-39)35-21-26-42(27-22-35)53(47-15-8-17-49-52(47)45-14-3-5-16-48(45)54-49)43-28-23-36(24-29-43)41-25-30-51-46(33-41)44-13-4-6-18-50(44)55-51/h1-33H. The number of rotatable bonds is 6. The fourth-order valence-electron chi connectivity index (χ4n) is 8.13. The van der Waals surface area contributed by atoms with Crippen molar-refractivity contribution in [2.24, 2.45) is 0 Å². The number of furan rings is 1. The quantitative estimate of drug-likeness (QED) is 0.170. The van der Waals surface area contributed by atoms with Crippen molar-refractivity contribution in [3.63, 3.8) is 0 Å². The van der Waals surface area contributed by atoms with Crippen molar-refractivity contribution in [1.29, 1.82) is 0 Å². The van der Waals surface area contributed by atoms with E-state index in [4.69, 9.17) is 4.42 Å². The summed E-state index contributed by atoms with van der Waals surface area (Å²) in [7, 11) is 0. The minimum atomic E-state index is 0.874. The molecule has 2 nitrogen and oxygen atoms in total. The molecule has 0 saturated heterocycles. The van der Waals surface area contributed by atoms with E-state index >= 15 is 0 Å². The summed E-state index contributed by atoms with van der Waals surface area (Å²) in [5.74, 6) is 0. The van der Waals surface area contributed by atoms with Gasteiger partial charge in [0.2, 0.25) is 0 Å². The maximum atomic E-state index is 6.37. The van der Waals surface area contributed by atoms with Gasteiger partial charge in [-0.2, -0.15) is 0 Å². The average Bonchev–Trinajstić information content (AvgIpc) is 3.83. The lowest BCUT2D eigenvalue weighted by Crippen LogP contribution is -2.10. The Kier molecular flexibility index (Phi) is 7.39. The summed E-state index contributed by atoms with van der Waals surface area (Å²) in [5.41, 5.74) is 12.2. The molecule has 0 N–H and O–H groups in total. The van der Waals surface area contributed by atoms with Crippen molar-refractivity contribution in [2.75, 3.05) is 4.90 Å². The smallest absolute Gasteiger partial charge is 0.137 e. The van der Waals surface area contributed by atoms with Crippen molar-refractivity contribution in [1.82, 2.24) is 0 Å². The van der Waals surface area contributed by atoms with Gasteiger partial charge in [-0.3, -0.25) is 0 Å². The predicted octanol–water partition coefficient (Wildman–Crippen LogP) is 15.6. The highest BCUT2D eigenvalue weighted by molar-refractivity contribution is 7.25. The van der Waals surface area contributed by atoms with Crippen LogP contribution in [0.5, 0.6) is 0 Å². The van der Waals surface area contributed by atoms with Gasteiger partial charge >= 0.3 is 0 Å². The first-order valence-electron chi connectivity index (χ1n) is 18.7. The lowest BCUT2D eigenvalue weighted by atomic mass is 9.97. The molecule has 0 saturated carbocycles. The fourth-order valence-corrected chi connectivity index (χ4v) is 9.21. The average molecular weight is 720 g/mol. The van der Waals surface area contributed by atoms with Crippen LogP contribution in [-0.4, -0.2) is 0 Å². The van der Waals surface area contributed by atoms with E-state index in [1.807, 2.05) is 23.5 Å². The van der Waals surface area contributed by atoms with E-state index in [2.05, 4.69) is 193 Å². The Morgan fingerprint density at radius 2 is 0.909 bits per heavy atom. The number of nitrogens with zero attached hydrogens (tertiary/aromatic N) is 1. The summed E-state index contributed by atoms with van der Waals surface area (Å²) in [6.07, 6.45) is 0. The molecule has 0 amide bonds. The highest BCUT2D eigenvalue weighted by Gasteiger charge is 2.20. The summed E-state index contributed by atoms with van der Waals surface area (Å²) in [4.78, 5) is 2.36. The molecule has 2 aromatic heterocycles. The van der Waals surface area contributed by atoms with Crippen LogP contribution in [0.2, 0.25) is 0 Å². The van der Waals surface area contributed by atoms with E-state index in [1.165, 1.54) is 64.3 Å². The Morgan fingerprint density at radius 3 is 1.71 bits per heavy atom. The molecule has 0 fully saturated rings. The number of thiophene rings is 1. The molecule has 0 atom stereocenters. The zero-order valence-corrected chi connectivity index (χ0v) is 30.6. The van der Waals surface area contributed by atoms with Gasteiger partial charge < -0.3 is 9.32 Å². The number of anilines is 3. The fraction of sp³-hybridized carbons (Fsp3) is 0. The van der Waals surface area contributed by atoms with E-state index < -0.39 is 0 Å². The summed E-state index contributed by atoms with van der Waals surface area (Å²) < 4.78 is 9.01. The van der Waals surface area contributed by atoms with Gasteiger partial charge in [0.25, 0.3) is 0 Å². The summed E-state index contributed by atoms with van der Waals surface area (Å²) in [6.45, 7) is 0. The molecule has 11 aromatic rings. The second kappa shape index (κ2) is 12.9. The topological polar surface area (TPSA) is 16.4 Å². The summed E-state index contributed by atoms with van der Waals surface area (Å²) in [6, 6.07) is 72.3. The summed E-state index contributed by atoms with van der Waals surface area (Å²) in [5, 5.41) is 7.34. The lowest BCUT2D eigenvalue weighted by Gasteiger charge is -2.26. The molecule has 9 aromatic carbocycles. The number of hydrogen-bond acceptors (Lipinski definition) is 3. The van der Waals surface area contributed by atoms with Crippen molar-refractivity contribution >= 4 is 81.3 Å². The normalized spacial score (nSPS) is 11.6. The summed E-state index contributed by atoms with van der Waals surface area (Å²) >= 11 is 1.85. The molecule has 11 rings (SSSR count). The predicted molar refractivity (Wildman–Crippen MR) is 235 cm³/mol. The minimum absolute atomic E-state index is 0.874. The molecule has 0 aliphatic heterocycles. The highest BCUT2D eigenvalue weighted by Crippen LogP contribution is 2.44. The van der Waals surface area contributed by atoms with Crippen LogP contribution in [-0.2, 0) is 0 Å². The van der Waals surface area contributed by atoms with E-state index in [0.29, 0.717) is 0 Å². The van der Waals surface area contributed by atoms with Crippen LogP contribution in [0.4, 0.5) is 17.1 Å². The maximum Gasteiger partial charge on any atom is 0.137 e. The highest BCUT2D eigenvalue weighted by atomic mass is 32.1. The molecule has 55 heavy (non-hydrogen) atoms. The first kappa shape index (κ1) is 31.6. The van der Waals surface area contributed by atoms with Crippen LogP contribution in [0.1, 0.15) is 0 Å². The molecule has 0 radical (unpaired) electrons. The molecular weight excluding hydrogens is 687 g/mol. The van der Waals surface area contributed by atoms with Gasteiger partial charge in [-0.05, 0) is 117 Å². The van der Waals surface area contributed by atoms with Gasteiger partial charge in [0.15, 0.2) is 0 Å². The zero-order chi connectivity index (χ0) is 36.3. The zero-order valence-electron chi connectivity index (χ0n) is 29.8. The third-order valence-electron chi connectivity index (χ3n) is 10.9. The lowest BCUT2D eigenvalue weighted by molar-refractivity contribution is 0.669. The second-order valence-electron chi connectivity index (χ2n) is 14.1. The molecule has 0 aliphatic rings. The third kappa shape index (κ3) is 5.48. The van der Waals surface area contributed by atoms with Crippen molar-refractivity contribution in [2.45, 2.75) is 0 Å². The monoisotopic (exact) mass is 719 g/mol. The number of fused-ring (bicyclic) bond motifs is 7. The Hall–Kier alpha value is -6.94. The Balaban J connectivity index is 1.000. The van der Waals surface area contributed by atoms with Crippen molar-refractivity contribution < 1.29 is 4.42 Å². The molecule has 0 unspecified atom stereocenters. The first-order chi connectivity index (χ1) is 27.2. The van der Waals surface area contributed by atoms with Crippen LogP contribution in [0, 0.1) is 0 Å². The van der Waals surface area contributed by atoms with Crippen LogP contribution in [0.3, 0.4) is 0 Å². The number of para-hydroxylation sites is 1. The Morgan fingerprint density at radius 1 is 0.345 bits per heavy atom. The SMILES string of the molecule is c1cc(-c2ccc(N(c3ccc(-c4ccc5sc6ccccc6c5c4)cc3)c3cccc4oc5ccccc5c34)cc2)cc(-c2ccc3ccccc3c2)c1. The number of benzene rings is 9. The van der Waals surface area contributed by atoms with Gasteiger partial charge in [0.1, 0.15) is 11.2 Å². The van der Waals surface area contributed by atoms with E-state index in [9.17, 15) is 0 Å². The van der Waals surface area contributed by atoms with E-state index in [-0.39, 0.29) is 0 Å². The molecule has 258 valence electrons. The van der Waals surface area contributed by atoms with Gasteiger partial charge in [-0.25, -0.2) is 0 Å². The molecule has 0 aliphatic carbocycles. The van der Waals surface area contributed by atoms with Crippen LogP contribution >= 0.6 is 11.3 Å². The van der Waals surface area contributed by atoms with Crippen molar-refractivity contribution in [3.8, 4) is 33.4 Å². The maximum absolute atomic E-state index is 6.37. The number of hydrogen-bond donors (Lipinski definition) is 0. The van der Waals surface area contributed by atoms with Crippen LogP contribution < -0.4 is 4.90 Å². The molecule has 0 spiro atoms. The van der Waals surface area contributed by atoms with Gasteiger partial charge in [-0.1, -0.05) is 127 Å². The Bertz CT molecular complexity index is 3210. The van der Waals surface area contributed by atoms with Gasteiger partial charge in [-0.15, -0.1) is 11.3 Å². The first-order valence-corrected chi connectivity index (χ1v) is 19.5. The van der Waals surface area contributed by atoms with E-state index in [0.717, 1.165) is 39.0 Å². The third-order valence-corrected chi connectivity index (χ3v) is 12.0. The van der Waals surface area contributed by atoms with Crippen LogP contribution in [0.25, 0.3) is 86.3 Å². The van der Waals surface area contributed by atoms with Gasteiger partial charge in [0, 0.05) is 36.9 Å². The molecule has 3 heteroatoms. The minimum Gasteiger partial charge on any atom is -0.456 e. The Labute approximate surface area is 322 Å². The van der Waals surface area contributed by atoms with Gasteiger partial charge in [0.05, 0.1) is 11.1 Å². The molecular formula is C52H33NOS. The largest absolute Gasteiger partial charge is 0.456 e.